The Bertz CT molecular complexity index is 1480. The Hall–Kier alpha value is -4.40. The van der Waals surface area contributed by atoms with Crippen LogP contribution in [0.1, 0.15) is 46.2 Å². The quantitative estimate of drug-likeness (QED) is 0.346. The van der Waals surface area contributed by atoms with E-state index in [0.717, 1.165) is 47.4 Å². The van der Waals surface area contributed by atoms with Gasteiger partial charge in [0.2, 0.25) is 0 Å². The Kier molecular flexibility index (Phi) is 7.26. The maximum absolute atomic E-state index is 12.5. The first-order valence-corrected chi connectivity index (χ1v) is 12.7. The first-order chi connectivity index (χ1) is 18.4. The summed E-state index contributed by atoms with van der Waals surface area (Å²) < 4.78 is 7.72. The number of carboxylic acids is 1. The number of rotatable bonds is 9. The lowest BCUT2D eigenvalue weighted by Crippen LogP contribution is -2.22. The van der Waals surface area contributed by atoms with Crippen LogP contribution < -0.4 is 10.1 Å². The fraction of sp³-hybridized carbons (Fsp3) is 0.310. The lowest BCUT2D eigenvalue weighted by atomic mass is 10.0. The summed E-state index contributed by atoms with van der Waals surface area (Å²) in [5.41, 5.74) is 5.25. The van der Waals surface area contributed by atoms with Crippen LogP contribution in [-0.4, -0.2) is 63.9 Å². The van der Waals surface area contributed by atoms with Crippen molar-refractivity contribution in [1.82, 2.24) is 19.7 Å². The molecule has 3 heterocycles. The van der Waals surface area contributed by atoms with Crippen molar-refractivity contribution in [2.24, 2.45) is 0 Å². The Morgan fingerprint density at radius 1 is 1.16 bits per heavy atom. The number of anilines is 1. The molecular formula is C29H31N5O4. The second-order valence-corrected chi connectivity index (χ2v) is 9.67. The number of carbonyl (C=O) groups excluding carboxylic acids is 1. The van der Waals surface area contributed by atoms with Crippen molar-refractivity contribution in [2.75, 3.05) is 32.6 Å². The highest BCUT2D eigenvalue weighted by Crippen LogP contribution is 2.29. The van der Waals surface area contributed by atoms with Crippen molar-refractivity contribution >= 4 is 28.5 Å². The summed E-state index contributed by atoms with van der Waals surface area (Å²) in [6.45, 7) is 1.49. The van der Waals surface area contributed by atoms with Crippen molar-refractivity contribution in [2.45, 2.75) is 31.7 Å². The molecule has 0 saturated carbocycles. The molecule has 0 fully saturated rings. The van der Waals surface area contributed by atoms with Crippen molar-refractivity contribution < 1.29 is 19.4 Å². The number of ether oxygens (including phenoxy) is 1. The molecule has 9 nitrogen and oxygen atoms in total. The Morgan fingerprint density at radius 2 is 2.03 bits per heavy atom. The van der Waals surface area contributed by atoms with Gasteiger partial charge in [-0.3, -0.25) is 19.3 Å². The predicted molar refractivity (Wildman–Crippen MR) is 145 cm³/mol. The van der Waals surface area contributed by atoms with E-state index in [2.05, 4.69) is 16.5 Å². The third-order valence-corrected chi connectivity index (χ3v) is 6.72. The van der Waals surface area contributed by atoms with Gasteiger partial charge in [-0.2, -0.15) is 5.10 Å². The molecule has 38 heavy (non-hydrogen) atoms. The third-order valence-electron chi connectivity index (χ3n) is 6.72. The molecule has 1 aliphatic rings. The third kappa shape index (κ3) is 5.46. The average Bonchev–Trinajstić information content (AvgIpc) is 3.34. The summed E-state index contributed by atoms with van der Waals surface area (Å²) in [4.78, 5) is 30.5. The second-order valence-electron chi connectivity index (χ2n) is 9.67. The predicted octanol–water partition coefficient (Wildman–Crippen LogP) is 4.18. The van der Waals surface area contributed by atoms with E-state index in [1.54, 1.807) is 43.2 Å². The van der Waals surface area contributed by atoms with Crippen LogP contribution in [0, 0.1) is 0 Å². The smallest absolute Gasteiger partial charge is 0.305 e. The Labute approximate surface area is 221 Å². The molecular weight excluding hydrogens is 482 g/mol. The van der Waals surface area contributed by atoms with E-state index in [1.165, 1.54) is 4.90 Å². The number of aliphatic carboxylic acids is 1. The zero-order valence-corrected chi connectivity index (χ0v) is 21.6. The molecule has 1 aliphatic heterocycles. The topological polar surface area (TPSA) is 110 Å². The fourth-order valence-electron chi connectivity index (χ4n) is 4.81. The number of amides is 1. The van der Waals surface area contributed by atoms with Crippen LogP contribution in [0.3, 0.4) is 0 Å². The second kappa shape index (κ2) is 10.9. The van der Waals surface area contributed by atoms with Gasteiger partial charge in [-0.15, -0.1) is 0 Å². The maximum Gasteiger partial charge on any atom is 0.305 e. The minimum absolute atomic E-state index is 0.143. The summed E-state index contributed by atoms with van der Waals surface area (Å²) >= 11 is 0. The van der Waals surface area contributed by atoms with E-state index in [9.17, 15) is 14.7 Å². The highest BCUT2D eigenvalue weighted by Gasteiger charge is 2.22. The van der Waals surface area contributed by atoms with Gasteiger partial charge in [0, 0.05) is 43.7 Å². The van der Waals surface area contributed by atoms with Crippen LogP contribution in [0.2, 0.25) is 0 Å². The number of carbonyl (C=O) groups is 2. The molecule has 0 bridgehead atoms. The molecule has 0 spiro atoms. The van der Waals surface area contributed by atoms with Crippen LogP contribution in [-0.2, 0) is 17.6 Å². The number of nitrogens with one attached hydrogen (secondary N) is 1. The van der Waals surface area contributed by atoms with Crippen molar-refractivity contribution in [3.8, 4) is 5.75 Å². The van der Waals surface area contributed by atoms with Gasteiger partial charge in [0.05, 0.1) is 42.2 Å². The van der Waals surface area contributed by atoms with Crippen LogP contribution in [0.5, 0.6) is 5.75 Å². The van der Waals surface area contributed by atoms with Crippen molar-refractivity contribution in [3.63, 3.8) is 0 Å². The highest BCUT2D eigenvalue weighted by atomic mass is 16.5. The molecule has 0 aliphatic carbocycles. The standard InChI is InChI=1S/C29H31N5O4/c1-33(2)29(37)20-6-3-5-19(15-20)27(17-28(35)36)34-26-11-9-23(16-21(26)18-31-34)38-14-12-22-8-10-24-25(32-22)7-4-13-30-24/h3,5-6,8-11,15-16,18,27,30H,4,7,12-14,17H2,1-2H3,(H,35,36). The number of pyridine rings is 1. The fourth-order valence-corrected chi connectivity index (χ4v) is 4.81. The minimum atomic E-state index is -0.950. The minimum Gasteiger partial charge on any atom is -0.493 e. The summed E-state index contributed by atoms with van der Waals surface area (Å²) in [5.74, 6) is -0.380. The summed E-state index contributed by atoms with van der Waals surface area (Å²) in [5, 5.41) is 18.4. The van der Waals surface area contributed by atoms with Gasteiger partial charge in [-0.05, 0) is 60.9 Å². The van der Waals surface area contributed by atoms with Crippen molar-refractivity contribution in [1.29, 1.82) is 0 Å². The zero-order valence-electron chi connectivity index (χ0n) is 21.6. The van der Waals surface area contributed by atoms with Gasteiger partial charge < -0.3 is 20.1 Å². The number of nitrogens with zero attached hydrogens (tertiary/aromatic N) is 4. The van der Waals surface area contributed by atoms with Gasteiger partial charge in [0.15, 0.2) is 0 Å². The van der Waals surface area contributed by atoms with Gasteiger partial charge >= 0.3 is 5.97 Å². The molecule has 1 amide bonds. The first-order valence-electron chi connectivity index (χ1n) is 12.7. The summed E-state index contributed by atoms with van der Waals surface area (Å²) in [6, 6.07) is 16.3. The Morgan fingerprint density at radius 3 is 2.84 bits per heavy atom. The average molecular weight is 514 g/mol. The number of hydrogen-bond acceptors (Lipinski definition) is 6. The van der Waals surface area contributed by atoms with Crippen LogP contribution >= 0.6 is 0 Å². The zero-order chi connectivity index (χ0) is 26.6. The van der Waals surface area contributed by atoms with E-state index in [1.807, 2.05) is 30.3 Å². The molecule has 4 aromatic rings. The molecule has 0 radical (unpaired) electrons. The SMILES string of the molecule is CN(C)C(=O)c1cccc(C(CC(=O)O)n2ncc3cc(OCCc4ccc5c(n4)CCCN5)ccc32)c1. The van der Waals surface area contributed by atoms with Gasteiger partial charge in [0.25, 0.3) is 5.91 Å². The Balaban J connectivity index is 1.33. The highest BCUT2D eigenvalue weighted by molar-refractivity contribution is 5.94. The van der Waals surface area contributed by atoms with Crippen LogP contribution in [0.4, 0.5) is 5.69 Å². The molecule has 1 unspecified atom stereocenters. The number of aryl methyl sites for hydroxylation is 1. The summed E-state index contributed by atoms with van der Waals surface area (Å²) in [7, 11) is 3.37. The van der Waals surface area contributed by atoms with Gasteiger partial charge in [-0.1, -0.05) is 12.1 Å². The van der Waals surface area contributed by atoms with E-state index in [-0.39, 0.29) is 12.3 Å². The summed E-state index contributed by atoms with van der Waals surface area (Å²) in [6.07, 6.45) is 4.34. The number of hydrogen-bond donors (Lipinski definition) is 2. The maximum atomic E-state index is 12.5. The van der Waals surface area contributed by atoms with E-state index in [4.69, 9.17) is 9.72 Å². The largest absolute Gasteiger partial charge is 0.493 e. The van der Waals surface area contributed by atoms with Gasteiger partial charge in [0.1, 0.15) is 5.75 Å². The van der Waals surface area contributed by atoms with Crippen LogP contribution in [0.25, 0.3) is 10.9 Å². The molecule has 5 rings (SSSR count). The number of fused-ring (bicyclic) bond motifs is 2. The lowest BCUT2D eigenvalue weighted by Gasteiger charge is -2.19. The monoisotopic (exact) mass is 513 g/mol. The number of carboxylic acid groups (broad SMARTS) is 1. The molecule has 0 saturated heterocycles. The van der Waals surface area contributed by atoms with Crippen LogP contribution in [0.15, 0.2) is 60.8 Å². The van der Waals surface area contributed by atoms with Crippen molar-refractivity contribution in [3.05, 3.63) is 83.3 Å². The van der Waals surface area contributed by atoms with Gasteiger partial charge in [-0.25, -0.2) is 0 Å². The number of benzene rings is 2. The normalized spacial score (nSPS) is 13.4. The number of aromatic nitrogens is 3. The first kappa shape index (κ1) is 25.3. The molecule has 2 aromatic heterocycles. The molecule has 2 N–H and O–H groups in total. The van der Waals surface area contributed by atoms with E-state index >= 15 is 0 Å². The molecule has 9 heteroatoms. The molecule has 1 atom stereocenters. The molecule has 2 aromatic carbocycles. The van der Waals surface area contributed by atoms with E-state index in [0.29, 0.717) is 29.9 Å². The lowest BCUT2D eigenvalue weighted by molar-refractivity contribution is -0.137. The van der Waals surface area contributed by atoms with E-state index < -0.39 is 12.0 Å². The molecule has 196 valence electrons.